The van der Waals surface area contributed by atoms with Crippen molar-refractivity contribution < 1.29 is 4.39 Å². The van der Waals surface area contributed by atoms with Gasteiger partial charge in [-0.2, -0.15) is 0 Å². The number of pyridine rings is 1. The van der Waals surface area contributed by atoms with E-state index in [1.54, 1.807) is 12.3 Å². The number of hydrogen-bond acceptors (Lipinski definition) is 2. The molecule has 0 aliphatic rings. The Morgan fingerprint density at radius 1 is 1.24 bits per heavy atom. The highest BCUT2D eigenvalue weighted by atomic mass is 19.1. The number of imidazole rings is 1. The largest absolute Gasteiger partial charge is 0.331 e. The lowest BCUT2D eigenvalue weighted by Gasteiger charge is -1.99. The first-order valence-electron chi connectivity index (χ1n) is 6.75. The molecule has 0 unspecified atom stereocenters. The van der Waals surface area contributed by atoms with Crippen LogP contribution in [0.25, 0.3) is 11.0 Å². The molecule has 0 amide bonds. The summed E-state index contributed by atoms with van der Waals surface area (Å²) in [5.41, 5.74) is 2.39. The Hall–Kier alpha value is -2.67. The first-order chi connectivity index (χ1) is 10.2. The Morgan fingerprint density at radius 2 is 2.14 bits per heavy atom. The maximum Gasteiger partial charge on any atom is 0.125 e. The van der Waals surface area contributed by atoms with E-state index in [2.05, 4.69) is 21.8 Å². The Balaban J connectivity index is 1.74. The van der Waals surface area contributed by atoms with E-state index in [4.69, 9.17) is 0 Å². The number of aryl methyl sites for hydroxylation is 2. The van der Waals surface area contributed by atoms with Crippen LogP contribution >= 0.6 is 0 Å². The van der Waals surface area contributed by atoms with Gasteiger partial charge in [0.25, 0.3) is 0 Å². The van der Waals surface area contributed by atoms with Crippen molar-refractivity contribution in [2.75, 3.05) is 0 Å². The molecule has 0 aliphatic heterocycles. The first-order valence-corrected chi connectivity index (χ1v) is 6.75. The molecule has 21 heavy (non-hydrogen) atoms. The van der Waals surface area contributed by atoms with Crippen LogP contribution in [-0.2, 0) is 13.5 Å². The fraction of sp³-hybridized carbons (Fsp3) is 0.176. The number of nitrogens with zero attached hydrogens (tertiary/aromatic N) is 3. The van der Waals surface area contributed by atoms with Crippen LogP contribution in [0, 0.1) is 17.7 Å². The quantitative estimate of drug-likeness (QED) is 0.675. The highest BCUT2D eigenvalue weighted by Crippen LogP contribution is 2.16. The summed E-state index contributed by atoms with van der Waals surface area (Å²) in [6.07, 6.45) is 3.15. The van der Waals surface area contributed by atoms with Crippen LogP contribution in [0.1, 0.15) is 17.9 Å². The zero-order chi connectivity index (χ0) is 14.7. The number of halogens is 1. The third kappa shape index (κ3) is 2.92. The lowest BCUT2D eigenvalue weighted by Crippen LogP contribution is -1.97. The zero-order valence-electron chi connectivity index (χ0n) is 11.7. The van der Waals surface area contributed by atoms with E-state index in [9.17, 15) is 4.39 Å². The van der Waals surface area contributed by atoms with Crippen LogP contribution in [0.4, 0.5) is 4.39 Å². The molecule has 0 atom stereocenters. The molecule has 3 aromatic rings. The summed E-state index contributed by atoms with van der Waals surface area (Å²) in [5.74, 6) is 6.76. The lowest BCUT2D eigenvalue weighted by atomic mass is 10.3. The van der Waals surface area contributed by atoms with E-state index in [0.717, 1.165) is 23.5 Å². The average Bonchev–Trinajstić information content (AvgIpc) is 2.80. The highest BCUT2D eigenvalue weighted by Gasteiger charge is 2.07. The molecule has 0 bridgehead atoms. The predicted molar refractivity (Wildman–Crippen MR) is 80.1 cm³/mol. The molecule has 0 aliphatic carbocycles. The van der Waals surface area contributed by atoms with Gasteiger partial charge in [0, 0.05) is 32.2 Å². The van der Waals surface area contributed by atoms with Crippen molar-refractivity contribution in [2.45, 2.75) is 12.8 Å². The third-order valence-corrected chi connectivity index (χ3v) is 3.29. The summed E-state index contributed by atoms with van der Waals surface area (Å²) in [6, 6.07) is 10.3. The van der Waals surface area contributed by atoms with Gasteiger partial charge in [-0.15, -0.1) is 0 Å². The minimum absolute atomic E-state index is 0.262. The van der Waals surface area contributed by atoms with Gasteiger partial charge in [0.05, 0.1) is 11.0 Å². The highest BCUT2D eigenvalue weighted by molar-refractivity contribution is 5.75. The van der Waals surface area contributed by atoms with Crippen LogP contribution in [0.15, 0.2) is 42.6 Å². The van der Waals surface area contributed by atoms with Crippen molar-refractivity contribution in [1.82, 2.24) is 14.5 Å². The second kappa shape index (κ2) is 5.76. The molecule has 1 aromatic carbocycles. The third-order valence-electron chi connectivity index (χ3n) is 3.29. The molecule has 0 saturated heterocycles. The molecule has 2 aromatic heterocycles. The van der Waals surface area contributed by atoms with Crippen LogP contribution in [-0.4, -0.2) is 14.5 Å². The van der Waals surface area contributed by atoms with Gasteiger partial charge in [0.1, 0.15) is 17.3 Å². The Bertz CT molecular complexity index is 826. The molecule has 0 spiro atoms. The van der Waals surface area contributed by atoms with Gasteiger partial charge in [-0.25, -0.2) is 14.4 Å². The minimum Gasteiger partial charge on any atom is -0.331 e. The van der Waals surface area contributed by atoms with Crippen LogP contribution in [0.5, 0.6) is 0 Å². The number of aromatic nitrogens is 3. The molecular weight excluding hydrogens is 265 g/mol. The maximum absolute atomic E-state index is 13.2. The van der Waals surface area contributed by atoms with Crippen molar-refractivity contribution in [1.29, 1.82) is 0 Å². The summed E-state index contributed by atoms with van der Waals surface area (Å²) in [6.45, 7) is 0. The Labute approximate surface area is 122 Å². The fourth-order valence-corrected chi connectivity index (χ4v) is 2.21. The van der Waals surface area contributed by atoms with Crippen LogP contribution in [0.3, 0.4) is 0 Å². The zero-order valence-corrected chi connectivity index (χ0v) is 11.7. The monoisotopic (exact) mass is 279 g/mol. The van der Waals surface area contributed by atoms with Crippen molar-refractivity contribution in [3.63, 3.8) is 0 Å². The second-order valence-electron chi connectivity index (χ2n) is 4.74. The van der Waals surface area contributed by atoms with Crippen molar-refractivity contribution in [3.05, 3.63) is 59.9 Å². The summed E-state index contributed by atoms with van der Waals surface area (Å²) in [5, 5.41) is 0. The van der Waals surface area contributed by atoms with Gasteiger partial charge in [-0.1, -0.05) is 12.0 Å². The predicted octanol–water partition coefficient (Wildman–Crippen LogP) is 3.09. The fourth-order valence-electron chi connectivity index (χ4n) is 2.21. The van der Waals surface area contributed by atoms with Crippen molar-refractivity contribution in [3.8, 4) is 11.8 Å². The topological polar surface area (TPSA) is 30.7 Å². The minimum atomic E-state index is -0.262. The molecule has 4 heteroatoms. The molecule has 3 nitrogen and oxygen atoms in total. The summed E-state index contributed by atoms with van der Waals surface area (Å²) in [7, 11) is 1.94. The molecule has 0 N–H and O–H groups in total. The molecule has 0 saturated carbocycles. The Kier molecular flexibility index (Phi) is 3.65. The van der Waals surface area contributed by atoms with Gasteiger partial charge in [-0.3, -0.25) is 0 Å². The van der Waals surface area contributed by atoms with Gasteiger partial charge in [-0.05, 0) is 30.2 Å². The normalized spacial score (nSPS) is 10.4. The smallest absolute Gasteiger partial charge is 0.125 e. The summed E-state index contributed by atoms with van der Waals surface area (Å²) in [4.78, 5) is 8.61. The number of fused-ring (bicyclic) bond motifs is 1. The van der Waals surface area contributed by atoms with Gasteiger partial charge >= 0.3 is 0 Å². The van der Waals surface area contributed by atoms with E-state index in [1.165, 1.54) is 12.1 Å². The van der Waals surface area contributed by atoms with E-state index >= 15 is 0 Å². The van der Waals surface area contributed by atoms with E-state index in [1.807, 2.05) is 29.8 Å². The summed E-state index contributed by atoms with van der Waals surface area (Å²) >= 11 is 0. The Morgan fingerprint density at radius 3 is 2.95 bits per heavy atom. The molecular formula is C17H14FN3. The molecule has 104 valence electrons. The summed E-state index contributed by atoms with van der Waals surface area (Å²) < 4.78 is 15.2. The van der Waals surface area contributed by atoms with E-state index in [0.29, 0.717) is 11.9 Å². The number of benzene rings is 1. The van der Waals surface area contributed by atoms with E-state index in [-0.39, 0.29) is 5.82 Å². The average molecular weight is 279 g/mol. The molecule has 2 heterocycles. The van der Waals surface area contributed by atoms with Gasteiger partial charge < -0.3 is 4.57 Å². The number of hydrogen-bond donors (Lipinski definition) is 0. The number of rotatable bonds is 2. The lowest BCUT2D eigenvalue weighted by molar-refractivity contribution is 0.629. The van der Waals surface area contributed by atoms with Crippen LogP contribution in [0.2, 0.25) is 0 Å². The van der Waals surface area contributed by atoms with Gasteiger partial charge in [0.15, 0.2) is 0 Å². The van der Waals surface area contributed by atoms with Crippen molar-refractivity contribution >= 4 is 11.0 Å². The molecule has 3 rings (SSSR count). The standard InChI is InChI=1S/C17H14FN3/c1-21-16-10-9-13(18)12-15(16)20-17(21)8-3-2-6-14-7-4-5-11-19-14/h4-5,7,9-12H,3,8H2,1H3. The SMILES string of the molecule is Cn1c(CCC#Cc2ccccn2)nc2cc(F)ccc21. The molecule has 0 fully saturated rings. The van der Waals surface area contributed by atoms with Crippen molar-refractivity contribution in [2.24, 2.45) is 7.05 Å². The first kappa shape index (κ1) is 13.3. The second-order valence-corrected chi connectivity index (χ2v) is 4.74. The molecule has 0 radical (unpaired) electrons. The maximum atomic E-state index is 13.2. The van der Waals surface area contributed by atoms with Crippen LogP contribution < -0.4 is 0 Å². The van der Waals surface area contributed by atoms with E-state index < -0.39 is 0 Å². The van der Waals surface area contributed by atoms with Gasteiger partial charge in [0.2, 0.25) is 0 Å².